The molecule has 0 aliphatic carbocycles. The summed E-state index contributed by atoms with van der Waals surface area (Å²) in [7, 11) is 0. The monoisotopic (exact) mass is 350 g/mol. The van der Waals surface area contributed by atoms with Crippen molar-refractivity contribution in [2.45, 2.75) is 17.6 Å². The number of nitrogen functional groups attached to an aromatic ring is 1. The highest BCUT2D eigenvalue weighted by atomic mass is 79.9. The number of benzene rings is 2. The van der Waals surface area contributed by atoms with Crippen LogP contribution in [0.3, 0.4) is 0 Å². The van der Waals surface area contributed by atoms with E-state index in [0.717, 1.165) is 26.4 Å². The van der Waals surface area contributed by atoms with Crippen molar-refractivity contribution in [1.29, 1.82) is 0 Å². The predicted molar refractivity (Wildman–Crippen MR) is 87.8 cm³/mol. The van der Waals surface area contributed by atoms with E-state index in [2.05, 4.69) is 15.9 Å². The lowest BCUT2D eigenvalue weighted by Crippen LogP contribution is -2.11. The molecule has 2 aromatic rings. The molecule has 0 saturated carbocycles. The molecule has 2 rings (SSSR count). The number of carbonyl (C=O) groups is 1. The van der Waals surface area contributed by atoms with E-state index >= 15 is 0 Å². The molecule has 0 unspecified atom stereocenters. The van der Waals surface area contributed by atoms with Crippen molar-refractivity contribution in [3.63, 3.8) is 0 Å². The number of halogens is 1. The standard InChI is InChI=1S/C15H15BrN2OS/c1-9-6-10(15(18)19)2-3-11(9)8-20-14-5-4-12(16)7-13(14)17/h2-7H,8,17H2,1H3,(H2,18,19). The molecule has 104 valence electrons. The first-order chi connectivity index (χ1) is 9.47. The Morgan fingerprint density at radius 3 is 2.60 bits per heavy atom. The van der Waals surface area contributed by atoms with Crippen molar-refractivity contribution in [3.05, 3.63) is 57.6 Å². The van der Waals surface area contributed by atoms with E-state index in [9.17, 15) is 4.79 Å². The van der Waals surface area contributed by atoms with Crippen LogP contribution >= 0.6 is 27.7 Å². The molecule has 4 N–H and O–H groups in total. The summed E-state index contributed by atoms with van der Waals surface area (Å²) in [5.74, 6) is 0.404. The lowest BCUT2D eigenvalue weighted by atomic mass is 10.1. The second kappa shape index (κ2) is 6.33. The van der Waals surface area contributed by atoms with Gasteiger partial charge < -0.3 is 11.5 Å². The fourth-order valence-corrected chi connectivity index (χ4v) is 3.22. The molecule has 20 heavy (non-hydrogen) atoms. The molecule has 1 amide bonds. The van der Waals surface area contributed by atoms with E-state index in [1.165, 1.54) is 5.56 Å². The van der Waals surface area contributed by atoms with E-state index < -0.39 is 5.91 Å². The molecule has 2 aromatic carbocycles. The summed E-state index contributed by atoms with van der Waals surface area (Å²) in [4.78, 5) is 12.2. The van der Waals surface area contributed by atoms with Gasteiger partial charge in [0.15, 0.2) is 0 Å². The summed E-state index contributed by atoms with van der Waals surface area (Å²) in [5.41, 5.74) is 14.8. The SMILES string of the molecule is Cc1cc(C(N)=O)ccc1CSc1ccc(Br)cc1N. The zero-order chi connectivity index (χ0) is 14.7. The number of nitrogens with two attached hydrogens (primary N) is 2. The van der Waals surface area contributed by atoms with Gasteiger partial charge in [0, 0.05) is 26.4 Å². The van der Waals surface area contributed by atoms with Crippen LogP contribution in [0.4, 0.5) is 5.69 Å². The van der Waals surface area contributed by atoms with Crippen LogP contribution in [0.1, 0.15) is 21.5 Å². The van der Waals surface area contributed by atoms with Crippen LogP contribution in [0.15, 0.2) is 45.8 Å². The maximum absolute atomic E-state index is 11.1. The first kappa shape index (κ1) is 14.9. The molecule has 0 saturated heterocycles. The van der Waals surface area contributed by atoms with Gasteiger partial charge in [-0.3, -0.25) is 4.79 Å². The highest BCUT2D eigenvalue weighted by Crippen LogP contribution is 2.31. The first-order valence-corrected chi connectivity index (χ1v) is 7.82. The zero-order valence-electron chi connectivity index (χ0n) is 11.0. The number of anilines is 1. The van der Waals surface area contributed by atoms with Crippen molar-refractivity contribution in [2.24, 2.45) is 5.73 Å². The fourth-order valence-electron chi connectivity index (χ4n) is 1.82. The van der Waals surface area contributed by atoms with Gasteiger partial charge in [0.2, 0.25) is 5.91 Å². The van der Waals surface area contributed by atoms with Crippen LogP contribution in [0, 0.1) is 6.92 Å². The molecule has 0 atom stereocenters. The minimum absolute atomic E-state index is 0.399. The molecule has 0 fully saturated rings. The molecular weight excluding hydrogens is 336 g/mol. The summed E-state index contributed by atoms with van der Waals surface area (Å²) in [6, 6.07) is 11.4. The Morgan fingerprint density at radius 2 is 2.00 bits per heavy atom. The van der Waals surface area contributed by atoms with Crippen LogP contribution < -0.4 is 11.5 Å². The topological polar surface area (TPSA) is 69.1 Å². The van der Waals surface area contributed by atoms with Gasteiger partial charge in [-0.2, -0.15) is 0 Å². The van der Waals surface area contributed by atoms with Gasteiger partial charge in [-0.1, -0.05) is 22.0 Å². The number of carbonyl (C=O) groups excluding carboxylic acids is 1. The van der Waals surface area contributed by atoms with Crippen LogP contribution in [-0.2, 0) is 5.75 Å². The number of rotatable bonds is 4. The molecule has 0 aliphatic rings. The molecule has 3 nitrogen and oxygen atoms in total. The van der Waals surface area contributed by atoms with Crippen molar-refractivity contribution in [2.75, 3.05) is 5.73 Å². The largest absolute Gasteiger partial charge is 0.398 e. The summed E-state index contributed by atoms with van der Waals surface area (Å²) in [6.07, 6.45) is 0. The Bertz CT molecular complexity index is 658. The number of hydrogen-bond donors (Lipinski definition) is 2. The van der Waals surface area contributed by atoms with Gasteiger partial charge in [-0.25, -0.2) is 0 Å². The predicted octanol–water partition coefficient (Wildman–Crippen LogP) is 3.73. The minimum Gasteiger partial charge on any atom is -0.398 e. The highest BCUT2D eigenvalue weighted by molar-refractivity contribution is 9.10. The Hall–Kier alpha value is -1.46. The van der Waals surface area contributed by atoms with Crippen LogP contribution in [0.2, 0.25) is 0 Å². The average molecular weight is 351 g/mol. The van der Waals surface area contributed by atoms with Gasteiger partial charge in [0.05, 0.1) is 0 Å². The van der Waals surface area contributed by atoms with E-state index in [-0.39, 0.29) is 0 Å². The number of hydrogen-bond acceptors (Lipinski definition) is 3. The highest BCUT2D eigenvalue weighted by Gasteiger charge is 2.06. The van der Waals surface area contributed by atoms with E-state index in [1.54, 1.807) is 17.8 Å². The number of primary amides is 1. The molecular formula is C15H15BrN2OS. The Balaban J connectivity index is 2.13. The van der Waals surface area contributed by atoms with Crippen LogP contribution in [0.25, 0.3) is 0 Å². The van der Waals surface area contributed by atoms with Crippen molar-refractivity contribution < 1.29 is 4.79 Å². The van der Waals surface area contributed by atoms with Crippen LogP contribution in [-0.4, -0.2) is 5.91 Å². The molecule has 0 aliphatic heterocycles. The molecule has 0 heterocycles. The lowest BCUT2D eigenvalue weighted by molar-refractivity contribution is 0.1000. The van der Waals surface area contributed by atoms with Crippen molar-refractivity contribution in [3.8, 4) is 0 Å². The molecule has 0 spiro atoms. The van der Waals surface area contributed by atoms with E-state index in [1.807, 2.05) is 37.3 Å². The van der Waals surface area contributed by atoms with E-state index in [0.29, 0.717) is 5.56 Å². The third-order valence-electron chi connectivity index (χ3n) is 2.98. The quantitative estimate of drug-likeness (QED) is 0.651. The number of thioether (sulfide) groups is 1. The summed E-state index contributed by atoms with van der Waals surface area (Å²) < 4.78 is 0.973. The van der Waals surface area contributed by atoms with E-state index in [4.69, 9.17) is 11.5 Å². The van der Waals surface area contributed by atoms with Gasteiger partial charge in [0.25, 0.3) is 0 Å². The maximum atomic E-state index is 11.1. The number of aryl methyl sites for hydroxylation is 1. The lowest BCUT2D eigenvalue weighted by Gasteiger charge is -2.09. The maximum Gasteiger partial charge on any atom is 0.248 e. The minimum atomic E-state index is -0.399. The molecule has 0 bridgehead atoms. The van der Waals surface area contributed by atoms with Crippen molar-refractivity contribution >= 4 is 39.3 Å². The zero-order valence-corrected chi connectivity index (χ0v) is 13.4. The molecule has 0 aromatic heterocycles. The summed E-state index contributed by atoms with van der Waals surface area (Å²) >= 11 is 5.07. The third kappa shape index (κ3) is 3.55. The number of amides is 1. The normalized spacial score (nSPS) is 10.5. The molecule has 0 radical (unpaired) electrons. The third-order valence-corrected chi connectivity index (χ3v) is 4.61. The first-order valence-electron chi connectivity index (χ1n) is 6.04. The van der Waals surface area contributed by atoms with Gasteiger partial charge in [0.1, 0.15) is 0 Å². The second-order valence-corrected chi connectivity index (χ2v) is 6.41. The van der Waals surface area contributed by atoms with Crippen molar-refractivity contribution in [1.82, 2.24) is 0 Å². The molecule has 5 heteroatoms. The average Bonchev–Trinajstić information content (AvgIpc) is 2.38. The van der Waals surface area contributed by atoms with Gasteiger partial charge >= 0.3 is 0 Å². The summed E-state index contributed by atoms with van der Waals surface area (Å²) in [6.45, 7) is 1.98. The second-order valence-electron chi connectivity index (χ2n) is 4.48. The summed E-state index contributed by atoms with van der Waals surface area (Å²) in [5, 5.41) is 0. The van der Waals surface area contributed by atoms with Gasteiger partial charge in [-0.05, 0) is 48.4 Å². The van der Waals surface area contributed by atoms with Gasteiger partial charge in [-0.15, -0.1) is 11.8 Å². The Kier molecular flexibility index (Phi) is 4.73. The Labute approximate surface area is 130 Å². The fraction of sp³-hybridized carbons (Fsp3) is 0.133. The van der Waals surface area contributed by atoms with Crippen LogP contribution in [0.5, 0.6) is 0 Å². The Morgan fingerprint density at radius 1 is 1.25 bits per heavy atom. The smallest absolute Gasteiger partial charge is 0.248 e.